The van der Waals surface area contributed by atoms with Gasteiger partial charge in [0.15, 0.2) is 0 Å². The SMILES string of the molecule is CC(C)CCCCCOp1oc2c(C(C)(C)C)cc(C(C)(C)C)cc2c2cc(C(C)(C)C)cc(C(C)(C)C)c2o1. The summed E-state index contributed by atoms with van der Waals surface area (Å²) in [4.78, 5) is 0. The van der Waals surface area contributed by atoms with Gasteiger partial charge in [0.25, 0.3) is 0 Å². The van der Waals surface area contributed by atoms with Crippen molar-refractivity contribution in [3.05, 3.63) is 46.5 Å². The van der Waals surface area contributed by atoms with Crippen molar-refractivity contribution in [3.63, 3.8) is 0 Å². The van der Waals surface area contributed by atoms with Crippen LogP contribution in [0.25, 0.3) is 21.9 Å². The maximum Gasteiger partial charge on any atom is 0.387 e. The lowest BCUT2D eigenvalue weighted by atomic mass is 9.77. The third-order valence-electron chi connectivity index (χ3n) is 7.77. The third-order valence-corrected chi connectivity index (χ3v) is 8.83. The van der Waals surface area contributed by atoms with E-state index >= 15 is 0 Å². The molecule has 0 aliphatic carbocycles. The molecule has 4 heteroatoms. The topological polar surface area (TPSA) is 35.5 Å². The number of fused-ring (bicyclic) bond motifs is 3. The molecule has 0 spiro atoms. The lowest BCUT2D eigenvalue weighted by Crippen LogP contribution is -2.17. The largest absolute Gasteiger partial charge is 0.399 e. The third kappa shape index (κ3) is 7.98. The minimum absolute atomic E-state index is 0.00588. The molecule has 0 N–H and O–H groups in total. The lowest BCUT2D eigenvalue weighted by Gasteiger charge is -2.27. The van der Waals surface area contributed by atoms with Crippen molar-refractivity contribution in [1.82, 2.24) is 0 Å². The molecule has 3 aromatic rings. The summed E-state index contributed by atoms with van der Waals surface area (Å²) < 4.78 is 20.1. The fourth-order valence-electron chi connectivity index (χ4n) is 5.03. The minimum atomic E-state index is -1.61. The van der Waals surface area contributed by atoms with Gasteiger partial charge in [0, 0.05) is 21.9 Å². The van der Waals surface area contributed by atoms with Crippen molar-refractivity contribution in [3.8, 4) is 0 Å². The second-order valence-electron chi connectivity index (χ2n) is 16.3. The Morgan fingerprint density at radius 2 is 1.02 bits per heavy atom. The predicted octanol–water partition coefficient (Wildman–Crippen LogP) is 12.1. The van der Waals surface area contributed by atoms with Crippen LogP contribution in [0, 0.1) is 5.92 Å². The average Bonchev–Trinajstić information content (AvgIpc) is 2.93. The van der Waals surface area contributed by atoms with E-state index < -0.39 is 8.24 Å². The smallest absolute Gasteiger partial charge is 0.387 e. The van der Waals surface area contributed by atoms with Gasteiger partial charge in [-0.15, -0.1) is 0 Å². The molecule has 0 aliphatic heterocycles. The molecule has 0 atom stereocenters. The Balaban J connectivity index is 2.43. The first-order chi connectivity index (χ1) is 18.2. The Kier molecular flexibility index (Phi) is 9.75. The molecule has 3 nitrogen and oxygen atoms in total. The van der Waals surface area contributed by atoms with E-state index in [0.717, 1.165) is 34.3 Å². The van der Waals surface area contributed by atoms with Crippen molar-refractivity contribution >= 4 is 30.2 Å². The van der Waals surface area contributed by atoms with Crippen molar-refractivity contribution in [2.45, 2.75) is 144 Å². The van der Waals surface area contributed by atoms with Gasteiger partial charge in [-0.2, -0.15) is 0 Å². The Bertz CT molecular complexity index is 1260. The Morgan fingerprint density at radius 1 is 0.600 bits per heavy atom. The van der Waals surface area contributed by atoms with E-state index in [1.165, 1.54) is 41.5 Å². The molecule has 0 unspecified atom stereocenters. The van der Waals surface area contributed by atoms with E-state index in [0.29, 0.717) is 6.61 Å². The van der Waals surface area contributed by atoms with Crippen LogP contribution in [0.15, 0.2) is 32.7 Å². The van der Waals surface area contributed by atoms with Gasteiger partial charge in [-0.05, 0) is 57.3 Å². The van der Waals surface area contributed by atoms with Crippen molar-refractivity contribution < 1.29 is 12.9 Å². The van der Waals surface area contributed by atoms with Crippen LogP contribution in [0.3, 0.4) is 0 Å². The summed E-state index contributed by atoms with van der Waals surface area (Å²) >= 11 is 0. The standard InChI is InChI=1S/C36H57O3P/c1-24(2)18-16-15-17-19-37-40-38-31-27(20-25(33(3,4)5)22-29(31)35(9,10)11)28-21-26(34(6,7)8)23-30(32(28)39-40)36(12,13)14/h20-24H,15-19H2,1-14H3. The molecule has 2 aromatic carbocycles. The van der Waals surface area contributed by atoms with E-state index in [-0.39, 0.29) is 21.7 Å². The normalized spacial score (nSPS) is 13.6. The van der Waals surface area contributed by atoms with Gasteiger partial charge >= 0.3 is 8.24 Å². The van der Waals surface area contributed by atoms with Crippen LogP contribution >= 0.6 is 8.24 Å². The van der Waals surface area contributed by atoms with Crippen LogP contribution in [0.2, 0.25) is 0 Å². The molecule has 40 heavy (non-hydrogen) atoms. The molecule has 0 radical (unpaired) electrons. The molecule has 0 bridgehead atoms. The zero-order valence-corrected chi connectivity index (χ0v) is 29.0. The fraction of sp³-hybridized carbons (Fsp3) is 0.667. The summed E-state index contributed by atoms with van der Waals surface area (Å²) in [5, 5.41) is 2.24. The first-order valence-corrected chi connectivity index (χ1v) is 16.5. The summed E-state index contributed by atoms with van der Waals surface area (Å²) in [6, 6.07) is 9.38. The van der Waals surface area contributed by atoms with E-state index in [9.17, 15) is 0 Å². The molecule has 0 aliphatic rings. The van der Waals surface area contributed by atoms with Crippen LogP contribution in [0.1, 0.15) is 145 Å². The molecular weight excluding hydrogens is 511 g/mol. The van der Waals surface area contributed by atoms with Gasteiger partial charge in [0.2, 0.25) is 0 Å². The summed E-state index contributed by atoms with van der Waals surface area (Å²) in [7, 11) is -1.61. The Hall–Kier alpha value is -1.70. The number of hydrogen-bond donors (Lipinski definition) is 0. The highest BCUT2D eigenvalue weighted by molar-refractivity contribution is 7.31. The van der Waals surface area contributed by atoms with E-state index in [1.807, 2.05) is 0 Å². The molecule has 0 amide bonds. The van der Waals surface area contributed by atoms with Crippen LogP contribution in [0.5, 0.6) is 0 Å². The highest BCUT2D eigenvalue weighted by Crippen LogP contribution is 2.45. The first-order valence-electron chi connectivity index (χ1n) is 15.4. The van der Waals surface area contributed by atoms with Crippen LogP contribution in [-0.4, -0.2) is 6.61 Å². The van der Waals surface area contributed by atoms with Crippen molar-refractivity contribution in [1.29, 1.82) is 0 Å². The number of benzene rings is 2. The quantitative estimate of drug-likeness (QED) is 0.266. The molecule has 0 fully saturated rings. The van der Waals surface area contributed by atoms with Crippen LogP contribution < -0.4 is 4.52 Å². The van der Waals surface area contributed by atoms with Crippen LogP contribution in [-0.2, 0) is 21.7 Å². The van der Waals surface area contributed by atoms with Gasteiger partial charge in [0.05, 0.1) is 6.61 Å². The van der Waals surface area contributed by atoms with Gasteiger partial charge in [-0.3, -0.25) is 4.52 Å². The van der Waals surface area contributed by atoms with E-state index in [2.05, 4.69) is 121 Å². The second kappa shape index (κ2) is 11.9. The molecule has 3 rings (SSSR count). The van der Waals surface area contributed by atoms with Crippen LogP contribution in [0.4, 0.5) is 0 Å². The van der Waals surface area contributed by atoms with E-state index in [4.69, 9.17) is 12.9 Å². The maximum atomic E-state index is 6.82. The van der Waals surface area contributed by atoms with Gasteiger partial charge in [-0.1, -0.05) is 128 Å². The molecular formula is C36H57O3P. The first kappa shape index (κ1) is 32.8. The Labute approximate surface area is 246 Å². The lowest BCUT2D eigenvalue weighted by molar-refractivity contribution is 0.353. The van der Waals surface area contributed by atoms with Crippen molar-refractivity contribution in [2.75, 3.05) is 6.61 Å². The van der Waals surface area contributed by atoms with Gasteiger partial charge in [-0.25, -0.2) is 0 Å². The summed E-state index contributed by atoms with van der Waals surface area (Å²) in [5.74, 6) is 0.745. The number of unbranched alkanes of at least 4 members (excludes halogenated alkanes) is 2. The fourth-order valence-corrected chi connectivity index (χ4v) is 6.14. The second-order valence-corrected chi connectivity index (χ2v) is 17.4. The van der Waals surface area contributed by atoms with E-state index in [1.54, 1.807) is 0 Å². The predicted molar refractivity (Wildman–Crippen MR) is 176 cm³/mol. The summed E-state index contributed by atoms with van der Waals surface area (Å²) in [6.45, 7) is 32.6. The molecule has 1 aromatic heterocycles. The van der Waals surface area contributed by atoms with Crippen molar-refractivity contribution in [2.24, 2.45) is 5.92 Å². The zero-order valence-electron chi connectivity index (χ0n) is 28.1. The zero-order chi connectivity index (χ0) is 30.3. The molecule has 0 saturated heterocycles. The van der Waals surface area contributed by atoms with Gasteiger partial charge in [0.1, 0.15) is 11.2 Å². The molecule has 224 valence electrons. The molecule has 0 saturated carbocycles. The highest BCUT2D eigenvalue weighted by atomic mass is 31.1. The number of rotatable bonds is 7. The summed E-state index contributed by atoms with van der Waals surface area (Å²) in [5.41, 5.74) is 6.62. The minimum Gasteiger partial charge on any atom is -0.399 e. The van der Waals surface area contributed by atoms with Gasteiger partial charge < -0.3 is 8.39 Å². The number of hydrogen-bond acceptors (Lipinski definition) is 3. The average molecular weight is 569 g/mol. The highest BCUT2D eigenvalue weighted by Gasteiger charge is 2.28. The Morgan fingerprint density at radius 3 is 1.38 bits per heavy atom. The maximum absolute atomic E-state index is 6.82. The monoisotopic (exact) mass is 568 g/mol. The summed E-state index contributed by atoms with van der Waals surface area (Å²) in [6.07, 6.45) is 4.68. The molecule has 1 heterocycles.